The third-order valence-electron chi connectivity index (χ3n) is 1.68. The van der Waals surface area contributed by atoms with Crippen LogP contribution in [0.2, 0.25) is 0 Å². The fourth-order valence-corrected chi connectivity index (χ4v) is 1.02. The van der Waals surface area contributed by atoms with Crippen molar-refractivity contribution in [3.8, 4) is 11.8 Å². The van der Waals surface area contributed by atoms with Gasteiger partial charge in [0.15, 0.2) is 0 Å². The van der Waals surface area contributed by atoms with Gasteiger partial charge in [-0.2, -0.15) is 5.26 Å². The number of nitrogens with two attached hydrogens (primary N) is 1. The Morgan fingerprint density at radius 3 is 2.75 bits per heavy atom. The summed E-state index contributed by atoms with van der Waals surface area (Å²) in [6.07, 6.45) is 0. The van der Waals surface area contributed by atoms with E-state index in [4.69, 9.17) is 11.0 Å². The molecule has 1 aromatic carbocycles. The molecule has 3 heteroatoms. The molecule has 0 radical (unpaired) electrons. The lowest BCUT2D eigenvalue weighted by Gasteiger charge is -2.08. The summed E-state index contributed by atoms with van der Waals surface area (Å²) in [5.41, 5.74) is 6.44. The molecular formula is C9H10N2O. The van der Waals surface area contributed by atoms with Crippen LogP contribution in [0, 0.1) is 11.3 Å². The topological polar surface area (TPSA) is 70.0 Å². The number of nitrogens with zero attached hydrogens (tertiary/aromatic N) is 1. The van der Waals surface area contributed by atoms with Crippen LogP contribution in [0.3, 0.4) is 0 Å². The summed E-state index contributed by atoms with van der Waals surface area (Å²) >= 11 is 0. The predicted molar refractivity (Wildman–Crippen MR) is 45.4 cm³/mol. The molecule has 1 aromatic rings. The molecule has 3 nitrogen and oxygen atoms in total. The van der Waals surface area contributed by atoms with E-state index in [1.165, 1.54) is 0 Å². The Hall–Kier alpha value is -1.53. The lowest BCUT2D eigenvalue weighted by atomic mass is 10.0. The summed E-state index contributed by atoms with van der Waals surface area (Å²) in [4.78, 5) is 0. The highest BCUT2D eigenvalue weighted by Gasteiger charge is 2.08. The average molecular weight is 162 g/mol. The number of hydrogen-bond donors (Lipinski definition) is 2. The van der Waals surface area contributed by atoms with Gasteiger partial charge in [-0.25, -0.2) is 0 Å². The molecule has 0 aliphatic carbocycles. The first-order valence-electron chi connectivity index (χ1n) is 3.64. The van der Waals surface area contributed by atoms with Crippen LogP contribution in [0.1, 0.15) is 24.1 Å². The zero-order chi connectivity index (χ0) is 9.14. The SMILES string of the molecule is C[C@H](N)c1cccc(C#N)c1O. The Bertz CT molecular complexity index is 326. The van der Waals surface area contributed by atoms with E-state index in [9.17, 15) is 5.11 Å². The van der Waals surface area contributed by atoms with Crippen molar-refractivity contribution in [3.05, 3.63) is 29.3 Å². The van der Waals surface area contributed by atoms with Gasteiger partial charge in [-0.3, -0.25) is 0 Å². The lowest BCUT2D eigenvalue weighted by Crippen LogP contribution is -2.05. The number of para-hydroxylation sites is 1. The Morgan fingerprint density at radius 2 is 2.25 bits per heavy atom. The number of phenolic OH excluding ortho intramolecular Hbond substituents is 1. The largest absolute Gasteiger partial charge is 0.506 e. The number of nitriles is 1. The maximum Gasteiger partial charge on any atom is 0.138 e. The first kappa shape index (κ1) is 8.57. The normalized spacial score (nSPS) is 12.1. The van der Waals surface area contributed by atoms with Crippen LogP contribution < -0.4 is 5.73 Å². The fourth-order valence-electron chi connectivity index (χ4n) is 1.02. The minimum atomic E-state index is -0.252. The second-order valence-corrected chi connectivity index (χ2v) is 2.64. The van der Waals surface area contributed by atoms with E-state index in [0.29, 0.717) is 5.56 Å². The number of aromatic hydroxyl groups is 1. The van der Waals surface area contributed by atoms with Gasteiger partial charge < -0.3 is 10.8 Å². The van der Waals surface area contributed by atoms with E-state index in [0.717, 1.165) is 0 Å². The van der Waals surface area contributed by atoms with Gasteiger partial charge in [0, 0.05) is 11.6 Å². The molecule has 1 rings (SSSR count). The van der Waals surface area contributed by atoms with Crippen LogP contribution >= 0.6 is 0 Å². The van der Waals surface area contributed by atoms with Gasteiger partial charge in [0.1, 0.15) is 11.8 Å². The summed E-state index contributed by atoms with van der Waals surface area (Å²) in [7, 11) is 0. The maximum atomic E-state index is 9.46. The quantitative estimate of drug-likeness (QED) is 0.653. The Balaban J connectivity index is 3.25. The average Bonchev–Trinajstić information content (AvgIpc) is 2.04. The van der Waals surface area contributed by atoms with Gasteiger partial charge in [-0.05, 0) is 13.0 Å². The van der Waals surface area contributed by atoms with Gasteiger partial charge in [0.05, 0.1) is 5.56 Å². The van der Waals surface area contributed by atoms with Crippen molar-refractivity contribution >= 4 is 0 Å². The fraction of sp³-hybridized carbons (Fsp3) is 0.222. The van der Waals surface area contributed by atoms with Gasteiger partial charge >= 0.3 is 0 Å². The molecule has 0 aliphatic rings. The molecule has 0 fully saturated rings. The van der Waals surface area contributed by atoms with Crippen molar-refractivity contribution in [3.63, 3.8) is 0 Å². The maximum absolute atomic E-state index is 9.46. The zero-order valence-corrected chi connectivity index (χ0v) is 6.78. The van der Waals surface area contributed by atoms with E-state index in [1.54, 1.807) is 25.1 Å². The smallest absolute Gasteiger partial charge is 0.138 e. The monoisotopic (exact) mass is 162 g/mol. The van der Waals surface area contributed by atoms with E-state index in [1.807, 2.05) is 6.07 Å². The molecule has 0 heterocycles. The summed E-state index contributed by atoms with van der Waals surface area (Å²) in [5.74, 6) is -0.00463. The van der Waals surface area contributed by atoms with Gasteiger partial charge in [-0.15, -0.1) is 0 Å². The molecule has 0 saturated heterocycles. The number of rotatable bonds is 1. The highest BCUT2D eigenvalue weighted by Crippen LogP contribution is 2.25. The molecule has 1 atom stereocenters. The van der Waals surface area contributed by atoms with Crippen molar-refractivity contribution < 1.29 is 5.11 Å². The van der Waals surface area contributed by atoms with Crippen LogP contribution in [0.5, 0.6) is 5.75 Å². The van der Waals surface area contributed by atoms with E-state index < -0.39 is 0 Å². The highest BCUT2D eigenvalue weighted by atomic mass is 16.3. The molecule has 0 aliphatic heterocycles. The van der Waals surface area contributed by atoms with Crippen LogP contribution in [0.4, 0.5) is 0 Å². The van der Waals surface area contributed by atoms with Crippen molar-refractivity contribution in [2.24, 2.45) is 5.73 Å². The Labute approximate surface area is 71.1 Å². The van der Waals surface area contributed by atoms with Crippen molar-refractivity contribution in [2.75, 3.05) is 0 Å². The van der Waals surface area contributed by atoms with E-state index >= 15 is 0 Å². The highest BCUT2D eigenvalue weighted by molar-refractivity contribution is 5.48. The second kappa shape index (κ2) is 3.24. The summed E-state index contributed by atoms with van der Waals surface area (Å²) in [5, 5.41) is 18.0. The molecule has 3 N–H and O–H groups in total. The van der Waals surface area contributed by atoms with Gasteiger partial charge in [0.25, 0.3) is 0 Å². The zero-order valence-electron chi connectivity index (χ0n) is 6.78. The Morgan fingerprint density at radius 1 is 1.58 bits per heavy atom. The molecule has 62 valence electrons. The van der Waals surface area contributed by atoms with Crippen molar-refractivity contribution in [1.82, 2.24) is 0 Å². The molecule has 0 amide bonds. The predicted octanol–water partition coefficient (Wildman–Crippen LogP) is 1.28. The van der Waals surface area contributed by atoms with Crippen LogP contribution in [-0.2, 0) is 0 Å². The lowest BCUT2D eigenvalue weighted by molar-refractivity contribution is 0.462. The molecule has 0 saturated carbocycles. The number of phenols is 1. The first-order valence-corrected chi connectivity index (χ1v) is 3.64. The third-order valence-corrected chi connectivity index (χ3v) is 1.68. The van der Waals surface area contributed by atoms with Gasteiger partial charge in [0.2, 0.25) is 0 Å². The minimum Gasteiger partial charge on any atom is -0.506 e. The molecule has 0 unspecified atom stereocenters. The molecule has 12 heavy (non-hydrogen) atoms. The first-order chi connectivity index (χ1) is 5.66. The van der Waals surface area contributed by atoms with Gasteiger partial charge in [-0.1, -0.05) is 12.1 Å². The van der Waals surface area contributed by atoms with Crippen LogP contribution in [0.25, 0.3) is 0 Å². The molecule has 0 bridgehead atoms. The number of benzene rings is 1. The van der Waals surface area contributed by atoms with E-state index in [-0.39, 0.29) is 17.4 Å². The Kier molecular flexibility index (Phi) is 2.32. The molecule has 0 aromatic heterocycles. The van der Waals surface area contributed by atoms with Crippen LogP contribution in [-0.4, -0.2) is 5.11 Å². The summed E-state index contributed by atoms with van der Waals surface area (Å²) < 4.78 is 0. The van der Waals surface area contributed by atoms with Crippen molar-refractivity contribution in [2.45, 2.75) is 13.0 Å². The standard InChI is InChI=1S/C9H10N2O/c1-6(11)8-4-2-3-7(5-10)9(8)12/h2-4,6,12H,11H2,1H3/t6-/m0/s1. The summed E-state index contributed by atoms with van der Waals surface area (Å²) in [6.45, 7) is 1.76. The minimum absolute atomic E-state index is 0.00463. The summed E-state index contributed by atoms with van der Waals surface area (Å²) in [6, 6.07) is 6.60. The number of hydrogen-bond acceptors (Lipinski definition) is 3. The van der Waals surface area contributed by atoms with Crippen molar-refractivity contribution in [1.29, 1.82) is 5.26 Å². The van der Waals surface area contributed by atoms with E-state index in [2.05, 4.69) is 0 Å². The third kappa shape index (κ3) is 1.39. The van der Waals surface area contributed by atoms with Crippen LogP contribution in [0.15, 0.2) is 18.2 Å². The molecule has 0 spiro atoms. The second-order valence-electron chi connectivity index (χ2n) is 2.64. The molecular weight excluding hydrogens is 152 g/mol.